The van der Waals surface area contributed by atoms with Gasteiger partial charge in [0.05, 0.1) is 4.88 Å². The SMILES string of the molecule is CC(C)[C@H](NC(=O)c1ncc(-c2ccc(NC(=O)c3ccc(C(C)(C)C)cc3)cc2)s1)C(=O)O. The second kappa shape index (κ2) is 10.2. The van der Waals surface area contributed by atoms with Crippen molar-refractivity contribution in [2.75, 3.05) is 5.32 Å². The number of hydrogen-bond donors (Lipinski definition) is 3. The van der Waals surface area contributed by atoms with E-state index in [-0.39, 0.29) is 22.2 Å². The fourth-order valence-electron chi connectivity index (χ4n) is 3.27. The van der Waals surface area contributed by atoms with Crippen LogP contribution in [0.5, 0.6) is 0 Å². The number of anilines is 1. The smallest absolute Gasteiger partial charge is 0.326 e. The Balaban J connectivity index is 1.66. The summed E-state index contributed by atoms with van der Waals surface area (Å²) in [6.45, 7) is 9.84. The minimum absolute atomic E-state index is 0.0222. The lowest BCUT2D eigenvalue weighted by atomic mass is 9.87. The van der Waals surface area contributed by atoms with Crippen molar-refractivity contribution >= 4 is 34.8 Å². The molecule has 0 fully saturated rings. The van der Waals surface area contributed by atoms with Gasteiger partial charge in [0.2, 0.25) is 0 Å². The van der Waals surface area contributed by atoms with Crippen molar-refractivity contribution in [3.05, 3.63) is 70.9 Å². The van der Waals surface area contributed by atoms with Crippen LogP contribution in [0, 0.1) is 5.92 Å². The molecule has 2 aromatic carbocycles. The maximum Gasteiger partial charge on any atom is 0.326 e. The molecule has 1 aromatic heterocycles. The van der Waals surface area contributed by atoms with Crippen LogP contribution in [0.4, 0.5) is 5.69 Å². The van der Waals surface area contributed by atoms with Gasteiger partial charge in [0, 0.05) is 17.4 Å². The molecule has 34 heavy (non-hydrogen) atoms. The Kier molecular flexibility index (Phi) is 7.51. The number of benzene rings is 2. The van der Waals surface area contributed by atoms with E-state index in [2.05, 4.69) is 36.4 Å². The predicted octanol–water partition coefficient (Wildman–Crippen LogP) is 5.20. The number of nitrogens with zero attached hydrogens (tertiary/aromatic N) is 1. The van der Waals surface area contributed by atoms with Gasteiger partial charge in [-0.1, -0.05) is 58.9 Å². The van der Waals surface area contributed by atoms with Gasteiger partial charge in [-0.3, -0.25) is 9.59 Å². The monoisotopic (exact) mass is 479 g/mol. The molecular weight excluding hydrogens is 450 g/mol. The van der Waals surface area contributed by atoms with Gasteiger partial charge < -0.3 is 15.7 Å². The lowest BCUT2D eigenvalue weighted by Gasteiger charge is -2.19. The zero-order valence-electron chi connectivity index (χ0n) is 19.9. The predicted molar refractivity (Wildman–Crippen MR) is 134 cm³/mol. The molecule has 0 spiro atoms. The van der Waals surface area contributed by atoms with Gasteiger partial charge in [0.1, 0.15) is 6.04 Å². The maximum atomic E-state index is 12.6. The summed E-state index contributed by atoms with van der Waals surface area (Å²) in [6, 6.07) is 13.8. The van der Waals surface area contributed by atoms with Crippen molar-refractivity contribution in [2.45, 2.75) is 46.1 Å². The molecule has 0 aliphatic heterocycles. The van der Waals surface area contributed by atoms with Crippen LogP contribution < -0.4 is 10.6 Å². The average Bonchev–Trinajstić information content (AvgIpc) is 3.27. The molecule has 8 heteroatoms. The highest BCUT2D eigenvalue weighted by atomic mass is 32.1. The standard InChI is InChI=1S/C26H29N3O4S/c1-15(2)21(25(32)33)29-23(31)24-27-14-20(34-24)16-8-12-19(13-9-16)28-22(30)17-6-10-18(11-7-17)26(3,4)5/h6-15,21H,1-5H3,(H,28,30)(H,29,31)(H,32,33)/t21-/m0/s1. The average molecular weight is 480 g/mol. The van der Waals surface area contributed by atoms with Crippen molar-refractivity contribution in [1.29, 1.82) is 0 Å². The highest BCUT2D eigenvalue weighted by molar-refractivity contribution is 7.17. The number of carbonyl (C=O) groups excluding carboxylic acids is 2. The molecule has 0 aliphatic rings. The summed E-state index contributed by atoms with van der Waals surface area (Å²) >= 11 is 1.18. The number of aliphatic carboxylic acids is 1. The van der Waals surface area contributed by atoms with Gasteiger partial charge >= 0.3 is 5.97 Å². The van der Waals surface area contributed by atoms with Gasteiger partial charge in [0.25, 0.3) is 11.8 Å². The van der Waals surface area contributed by atoms with Crippen molar-refractivity contribution in [2.24, 2.45) is 5.92 Å². The normalized spacial score (nSPS) is 12.3. The number of nitrogens with one attached hydrogen (secondary N) is 2. The molecule has 0 aliphatic carbocycles. The Bertz CT molecular complexity index is 1180. The van der Waals surface area contributed by atoms with Gasteiger partial charge in [-0.05, 0) is 46.7 Å². The number of amides is 2. The van der Waals surface area contributed by atoms with Crippen LogP contribution in [0.15, 0.2) is 54.7 Å². The molecule has 0 saturated carbocycles. The minimum Gasteiger partial charge on any atom is -0.480 e. The summed E-state index contributed by atoms with van der Waals surface area (Å²) in [5.41, 5.74) is 3.25. The molecule has 1 heterocycles. The van der Waals surface area contributed by atoms with Crippen molar-refractivity contribution < 1.29 is 19.5 Å². The van der Waals surface area contributed by atoms with Crippen molar-refractivity contribution in [3.63, 3.8) is 0 Å². The number of carboxylic acids is 1. The van der Waals surface area contributed by atoms with Crippen LogP contribution in [0.3, 0.4) is 0 Å². The van der Waals surface area contributed by atoms with Crippen LogP contribution >= 0.6 is 11.3 Å². The van der Waals surface area contributed by atoms with E-state index in [0.29, 0.717) is 11.3 Å². The Hall–Kier alpha value is -3.52. The van der Waals surface area contributed by atoms with Crippen LogP contribution in [-0.4, -0.2) is 33.9 Å². The third-order valence-electron chi connectivity index (χ3n) is 5.36. The third kappa shape index (κ3) is 6.08. The molecule has 3 rings (SSSR count). The second-order valence-electron chi connectivity index (χ2n) is 9.42. The van der Waals surface area contributed by atoms with E-state index in [9.17, 15) is 19.5 Å². The van der Waals surface area contributed by atoms with Gasteiger partial charge in [-0.2, -0.15) is 0 Å². The Morgan fingerprint density at radius 3 is 2.09 bits per heavy atom. The molecule has 0 radical (unpaired) electrons. The first kappa shape index (κ1) is 25.1. The van der Waals surface area contributed by atoms with Gasteiger partial charge in [-0.25, -0.2) is 9.78 Å². The van der Waals surface area contributed by atoms with Crippen LogP contribution in [0.1, 0.15) is 60.3 Å². The van der Waals surface area contributed by atoms with Crippen molar-refractivity contribution in [1.82, 2.24) is 10.3 Å². The molecular formula is C26H29N3O4S. The summed E-state index contributed by atoms with van der Waals surface area (Å²) < 4.78 is 0. The molecule has 3 aromatic rings. The highest BCUT2D eigenvalue weighted by Gasteiger charge is 2.25. The first-order chi connectivity index (χ1) is 16.0. The number of rotatable bonds is 7. The number of thiazole rings is 1. The maximum absolute atomic E-state index is 12.6. The number of hydrogen-bond acceptors (Lipinski definition) is 5. The largest absolute Gasteiger partial charge is 0.480 e. The van der Waals surface area contributed by atoms with E-state index in [0.717, 1.165) is 16.0 Å². The first-order valence-electron chi connectivity index (χ1n) is 11.0. The zero-order valence-corrected chi connectivity index (χ0v) is 20.7. The molecule has 0 bridgehead atoms. The molecule has 178 valence electrons. The van der Waals surface area contributed by atoms with Gasteiger partial charge in [0.15, 0.2) is 5.01 Å². The van der Waals surface area contributed by atoms with E-state index < -0.39 is 17.9 Å². The Labute approximate surface area is 203 Å². The molecule has 3 N–H and O–H groups in total. The number of carboxylic acid groups (broad SMARTS) is 1. The fourth-order valence-corrected chi connectivity index (χ4v) is 4.10. The fraction of sp³-hybridized carbons (Fsp3) is 0.308. The van der Waals surface area contributed by atoms with Crippen molar-refractivity contribution in [3.8, 4) is 10.4 Å². The quantitative estimate of drug-likeness (QED) is 0.432. The second-order valence-corrected chi connectivity index (χ2v) is 10.5. The van der Waals surface area contributed by atoms with Crippen LogP contribution in [0.2, 0.25) is 0 Å². The first-order valence-corrected chi connectivity index (χ1v) is 11.8. The zero-order chi connectivity index (χ0) is 25.0. The molecule has 0 unspecified atom stereocenters. The van der Waals surface area contributed by atoms with Gasteiger partial charge in [-0.15, -0.1) is 11.3 Å². The van der Waals surface area contributed by atoms with E-state index in [4.69, 9.17) is 0 Å². The lowest BCUT2D eigenvalue weighted by Crippen LogP contribution is -2.44. The third-order valence-corrected chi connectivity index (χ3v) is 6.40. The van der Waals surface area contributed by atoms with E-state index in [1.165, 1.54) is 11.3 Å². The summed E-state index contributed by atoms with van der Waals surface area (Å²) in [5.74, 6) is -2.04. The molecule has 0 saturated heterocycles. The summed E-state index contributed by atoms with van der Waals surface area (Å²) in [6.07, 6.45) is 1.58. The van der Waals surface area contributed by atoms with E-state index in [1.807, 2.05) is 36.4 Å². The minimum atomic E-state index is -1.08. The Morgan fingerprint density at radius 1 is 0.941 bits per heavy atom. The van der Waals surface area contributed by atoms with Crippen LogP contribution in [-0.2, 0) is 10.2 Å². The number of aromatic nitrogens is 1. The lowest BCUT2D eigenvalue weighted by molar-refractivity contribution is -0.140. The summed E-state index contributed by atoms with van der Waals surface area (Å²) in [7, 11) is 0. The Morgan fingerprint density at radius 2 is 1.56 bits per heavy atom. The summed E-state index contributed by atoms with van der Waals surface area (Å²) in [5, 5.41) is 14.9. The van der Waals surface area contributed by atoms with Crippen LogP contribution in [0.25, 0.3) is 10.4 Å². The van der Waals surface area contributed by atoms with E-state index in [1.54, 1.807) is 32.2 Å². The van der Waals surface area contributed by atoms with E-state index >= 15 is 0 Å². The highest BCUT2D eigenvalue weighted by Crippen LogP contribution is 2.28. The molecule has 2 amide bonds. The number of carbonyl (C=O) groups is 3. The topological polar surface area (TPSA) is 108 Å². The molecule has 1 atom stereocenters. The molecule has 7 nitrogen and oxygen atoms in total. The summed E-state index contributed by atoms with van der Waals surface area (Å²) in [4.78, 5) is 41.2.